The van der Waals surface area contributed by atoms with Gasteiger partial charge in [0.2, 0.25) is 5.82 Å². The van der Waals surface area contributed by atoms with E-state index < -0.39 is 0 Å². The van der Waals surface area contributed by atoms with E-state index in [0.717, 1.165) is 22.6 Å². The van der Waals surface area contributed by atoms with Crippen LogP contribution < -0.4 is 0 Å². The number of para-hydroxylation sites is 1. The monoisotopic (exact) mass is 377 g/mol. The topological polar surface area (TPSA) is 43.9 Å². The van der Waals surface area contributed by atoms with E-state index >= 15 is 0 Å². The van der Waals surface area contributed by atoms with Crippen LogP contribution in [-0.4, -0.2) is 14.8 Å². The Morgan fingerprint density at radius 1 is 0.621 bits per heavy atom. The van der Waals surface area contributed by atoms with Crippen LogP contribution in [0.25, 0.3) is 39.8 Å². The first-order chi connectivity index (χ1) is 14.3. The number of hydrogen-bond acceptors (Lipinski definition) is 3. The van der Waals surface area contributed by atoms with Crippen LogP contribution in [0.5, 0.6) is 0 Å². The second-order valence-electron chi connectivity index (χ2n) is 6.89. The summed E-state index contributed by atoms with van der Waals surface area (Å²) in [6.45, 7) is 2.09. The van der Waals surface area contributed by atoms with E-state index in [4.69, 9.17) is 4.42 Å². The maximum Gasteiger partial charge on any atom is 0.204 e. The van der Waals surface area contributed by atoms with Gasteiger partial charge < -0.3 is 4.42 Å². The van der Waals surface area contributed by atoms with Crippen molar-refractivity contribution in [3.8, 4) is 39.8 Å². The molecule has 2 aromatic heterocycles. The number of nitrogens with zero attached hydrogens (tertiary/aromatic N) is 3. The third kappa shape index (κ3) is 3.15. The normalized spacial score (nSPS) is 10.9. The summed E-state index contributed by atoms with van der Waals surface area (Å²) in [7, 11) is 0. The van der Waals surface area contributed by atoms with Gasteiger partial charge in [-0.3, -0.25) is 4.57 Å². The summed E-state index contributed by atoms with van der Waals surface area (Å²) in [6, 6.07) is 30.8. The van der Waals surface area contributed by atoms with Crippen LogP contribution in [0.15, 0.2) is 102 Å². The van der Waals surface area contributed by atoms with Crippen LogP contribution in [0.3, 0.4) is 0 Å². The molecule has 0 aliphatic rings. The van der Waals surface area contributed by atoms with Gasteiger partial charge >= 0.3 is 0 Å². The third-order valence-electron chi connectivity index (χ3n) is 5.01. The molecule has 0 saturated heterocycles. The Hall–Kier alpha value is -3.92. The summed E-state index contributed by atoms with van der Waals surface area (Å²) >= 11 is 0. The molecule has 0 amide bonds. The van der Waals surface area contributed by atoms with E-state index in [2.05, 4.69) is 70.2 Å². The largest absolute Gasteiger partial charge is 0.461 e. The van der Waals surface area contributed by atoms with Crippen molar-refractivity contribution in [2.24, 2.45) is 0 Å². The molecule has 0 unspecified atom stereocenters. The Labute approximate surface area is 169 Å². The van der Waals surface area contributed by atoms with Gasteiger partial charge in [-0.1, -0.05) is 72.8 Å². The van der Waals surface area contributed by atoms with Crippen LogP contribution in [-0.2, 0) is 0 Å². The lowest BCUT2D eigenvalue weighted by molar-refractivity contribution is 0.575. The van der Waals surface area contributed by atoms with Crippen LogP contribution >= 0.6 is 0 Å². The maximum absolute atomic E-state index is 5.62. The van der Waals surface area contributed by atoms with Crippen molar-refractivity contribution in [1.82, 2.24) is 14.8 Å². The standard InChI is InChI=1S/C25H19N3O/c1-18-8-5-6-11-22(18)28-24(26-27-25(28)23-12-7-17-29-23)21-15-13-20(14-16-21)19-9-3-2-4-10-19/h2-17H,1H3. The van der Waals surface area contributed by atoms with Gasteiger partial charge in [0.25, 0.3) is 0 Å². The predicted molar refractivity (Wildman–Crippen MR) is 115 cm³/mol. The molecule has 140 valence electrons. The van der Waals surface area contributed by atoms with Gasteiger partial charge in [0.15, 0.2) is 11.6 Å². The molecule has 5 aromatic rings. The zero-order valence-electron chi connectivity index (χ0n) is 16.0. The van der Waals surface area contributed by atoms with Gasteiger partial charge in [0.1, 0.15) is 0 Å². The minimum absolute atomic E-state index is 0.687. The molecule has 0 radical (unpaired) electrons. The fourth-order valence-electron chi connectivity index (χ4n) is 3.52. The van der Waals surface area contributed by atoms with E-state index in [-0.39, 0.29) is 0 Å². The van der Waals surface area contributed by atoms with Gasteiger partial charge in [-0.15, -0.1) is 10.2 Å². The van der Waals surface area contributed by atoms with Gasteiger partial charge in [-0.25, -0.2) is 0 Å². The zero-order valence-corrected chi connectivity index (χ0v) is 16.0. The first-order valence-corrected chi connectivity index (χ1v) is 9.52. The number of benzene rings is 3. The molecular weight excluding hydrogens is 358 g/mol. The number of rotatable bonds is 4. The molecule has 4 nitrogen and oxygen atoms in total. The number of aromatic nitrogens is 3. The zero-order chi connectivity index (χ0) is 19.6. The highest BCUT2D eigenvalue weighted by Gasteiger charge is 2.19. The Morgan fingerprint density at radius 2 is 1.28 bits per heavy atom. The highest BCUT2D eigenvalue weighted by atomic mass is 16.3. The highest BCUT2D eigenvalue weighted by molar-refractivity contribution is 5.70. The summed E-state index contributed by atoms with van der Waals surface area (Å²) < 4.78 is 7.69. The SMILES string of the molecule is Cc1ccccc1-n1c(-c2ccc(-c3ccccc3)cc2)nnc1-c1ccco1. The summed E-state index contributed by atoms with van der Waals surface area (Å²) in [4.78, 5) is 0. The summed E-state index contributed by atoms with van der Waals surface area (Å²) in [6.07, 6.45) is 1.65. The second-order valence-corrected chi connectivity index (χ2v) is 6.89. The fraction of sp³-hybridized carbons (Fsp3) is 0.0400. The number of furan rings is 1. The summed E-state index contributed by atoms with van der Waals surface area (Å²) in [5.41, 5.74) is 5.53. The minimum Gasteiger partial charge on any atom is -0.461 e. The minimum atomic E-state index is 0.687. The molecular formula is C25H19N3O. The van der Waals surface area contributed by atoms with Crippen molar-refractivity contribution in [1.29, 1.82) is 0 Å². The van der Waals surface area contributed by atoms with Crippen molar-refractivity contribution in [2.45, 2.75) is 6.92 Å². The Kier molecular flexibility index (Phi) is 4.30. The van der Waals surface area contributed by atoms with E-state index in [0.29, 0.717) is 11.6 Å². The molecule has 0 aliphatic heterocycles. The van der Waals surface area contributed by atoms with Crippen LogP contribution in [0.4, 0.5) is 0 Å². The van der Waals surface area contributed by atoms with Crippen molar-refractivity contribution in [3.05, 3.63) is 103 Å². The molecule has 5 rings (SSSR count). The Bertz CT molecular complexity index is 1240. The van der Waals surface area contributed by atoms with Crippen molar-refractivity contribution < 1.29 is 4.42 Å². The molecule has 0 bridgehead atoms. The molecule has 0 atom stereocenters. The molecule has 29 heavy (non-hydrogen) atoms. The molecule has 2 heterocycles. The van der Waals surface area contributed by atoms with Crippen molar-refractivity contribution >= 4 is 0 Å². The molecule has 0 aliphatic carbocycles. The number of hydrogen-bond donors (Lipinski definition) is 0. The lowest BCUT2D eigenvalue weighted by atomic mass is 10.0. The molecule has 0 saturated carbocycles. The van der Waals surface area contributed by atoms with Crippen LogP contribution in [0, 0.1) is 6.92 Å². The average Bonchev–Trinajstić information content (AvgIpc) is 3.45. The van der Waals surface area contributed by atoms with Crippen LogP contribution in [0.1, 0.15) is 5.56 Å². The van der Waals surface area contributed by atoms with E-state index in [1.807, 2.05) is 42.5 Å². The first kappa shape index (κ1) is 17.2. The second kappa shape index (κ2) is 7.24. The molecule has 4 heteroatoms. The van der Waals surface area contributed by atoms with Gasteiger partial charge in [0.05, 0.1) is 12.0 Å². The van der Waals surface area contributed by atoms with Gasteiger partial charge in [-0.2, -0.15) is 0 Å². The third-order valence-corrected chi connectivity index (χ3v) is 5.01. The Balaban J connectivity index is 1.65. The number of aryl methyl sites for hydroxylation is 1. The molecule has 0 N–H and O–H groups in total. The first-order valence-electron chi connectivity index (χ1n) is 9.52. The Morgan fingerprint density at radius 3 is 2.00 bits per heavy atom. The summed E-state index contributed by atoms with van der Waals surface area (Å²) in [5.74, 6) is 2.16. The van der Waals surface area contributed by atoms with E-state index in [1.54, 1.807) is 6.26 Å². The van der Waals surface area contributed by atoms with Crippen molar-refractivity contribution in [3.63, 3.8) is 0 Å². The lowest BCUT2D eigenvalue weighted by Crippen LogP contribution is -2.02. The van der Waals surface area contributed by atoms with Crippen LogP contribution in [0.2, 0.25) is 0 Å². The average molecular weight is 377 g/mol. The smallest absolute Gasteiger partial charge is 0.204 e. The van der Waals surface area contributed by atoms with E-state index in [9.17, 15) is 0 Å². The van der Waals surface area contributed by atoms with Gasteiger partial charge in [0, 0.05) is 5.56 Å². The lowest BCUT2D eigenvalue weighted by Gasteiger charge is -2.12. The molecule has 0 fully saturated rings. The maximum atomic E-state index is 5.62. The molecule has 0 spiro atoms. The quantitative estimate of drug-likeness (QED) is 0.376. The predicted octanol–water partition coefficient (Wildman–Crippen LogP) is 6.17. The molecule has 3 aromatic carbocycles. The summed E-state index contributed by atoms with van der Waals surface area (Å²) in [5, 5.41) is 8.97. The fourth-order valence-corrected chi connectivity index (χ4v) is 3.52. The highest BCUT2D eigenvalue weighted by Crippen LogP contribution is 2.31. The van der Waals surface area contributed by atoms with Gasteiger partial charge in [-0.05, 0) is 41.8 Å². The van der Waals surface area contributed by atoms with E-state index in [1.165, 1.54) is 11.1 Å². The van der Waals surface area contributed by atoms with Crippen molar-refractivity contribution in [2.75, 3.05) is 0 Å².